The summed E-state index contributed by atoms with van der Waals surface area (Å²) in [5.74, 6) is 0.111. The first-order valence-corrected chi connectivity index (χ1v) is 11.9. The van der Waals surface area contributed by atoms with Crippen LogP contribution in [0.2, 0.25) is 5.02 Å². The maximum atomic E-state index is 12.9. The predicted octanol–water partition coefficient (Wildman–Crippen LogP) is 7.54. The van der Waals surface area contributed by atoms with Crippen LogP contribution in [0.15, 0.2) is 73.3 Å². The van der Waals surface area contributed by atoms with E-state index in [2.05, 4.69) is 34.9 Å². The van der Waals surface area contributed by atoms with Crippen molar-refractivity contribution in [2.24, 2.45) is 5.41 Å². The Bertz CT molecular complexity index is 1140. The molecule has 1 N–H and O–H groups in total. The molecule has 1 aromatic carbocycles. The number of rotatable bonds is 9. The number of alkyl halides is 3. The van der Waals surface area contributed by atoms with E-state index in [0.717, 1.165) is 41.1 Å². The Balaban J connectivity index is 1.76. The van der Waals surface area contributed by atoms with Gasteiger partial charge in [-0.1, -0.05) is 50.2 Å². The van der Waals surface area contributed by atoms with Crippen molar-refractivity contribution in [3.63, 3.8) is 0 Å². The molecule has 3 aromatic rings. The van der Waals surface area contributed by atoms with Crippen molar-refractivity contribution in [3.05, 3.63) is 106 Å². The molecule has 2 aromatic heterocycles. The lowest BCUT2D eigenvalue weighted by atomic mass is 9.82. The van der Waals surface area contributed by atoms with Crippen LogP contribution in [0, 0.1) is 12.3 Å². The molecular formula is C28H31ClF3N3. The van der Waals surface area contributed by atoms with Crippen LogP contribution in [0.4, 0.5) is 13.2 Å². The molecule has 0 bridgehead atoms. The maximum Gasteiger partial charge on any atom is 0.417 e. The molecule has 0 aliphatic rings. The number of allylic oxidation sites excluding steroid dienone is 1. The first kappa shape index (κ1) is 26.7. The third kappa shape index (κ3) is 7.31. The van der Waals surface area contributed by atoms with Crippen molar-refractivity contribution in [1.29, 1.82) is 0 Å². The molecule has 0 saturated heterocycles. The first-order valence-electron chi connectivity index (χ1n) is 11.5. The Morgan fingerprint density at radius 1 is 1.06 bits per heavy atom. The fraction of sp³-hybridized carbons (Fsp3) is 0.357. The minimum atomic E-state index is -4.40. The summed E-state index contributed by atoms with van der Waals surface area (Å²) < 4.78 is 38.6. The molecule has 7 heteroatoms. The molecule has 0 spiro atoms. The van der Waals surface area contributed by atoms with Gasteiger partial charge in [0.1, 0.15) is 0 Å². The van der Waals surface area contributed by atoms with Crippen LogP contribution in [-0.2, 0) is 19.0 Å². The van der Waals surface area contributed by atoms with Gasteiger partial charge in [0.25, 0.3) is 0 Å². The van der Waals surface area contributed by atoms with Gasteiger partial charge in [0.2, 0.25) is 0 Å². The van der Waals surface area contributed by atoms with Gasteiger partial charge in [-0.05, 0) is 61.2 Å². The highest BCUT2D eigenvalue weighted by atomic mass is 35.5. The number of hydrogen-bond donors (Lipinski definition) is 1. The van der Waals surface area contributed by atoms with E-state index in [-0.39, 0.29) is 12.0 Å². The minimum absolute atomic E-state index is 0.0154. The van der Waals surface area contributed by atoms with Gasteiger partial charge in [0, 0.05) is 58.8 Å². The van der Waals surface area contributed by atoms with Crippen LogP contribution < -0.4 is 5.32 Å². The van der Waals surface area contributed by atoms with Crippen LogP contribution in [0.5, 0.6) is 0 Å². The number of benzene rings is 1. The largest absolute Gasteiger partial charge is 0.417 e. The van der Waals surface area contributed by atoms with Gasteiger partial charge in [-0.3, -0.25) is 9.97 Å². The summed E-state index contributed by atoms with van der Waals surface area (Å²) in [5.41, 5.74) is 3.57. The van der Waals surface area contributed by atoms with Crippen LogP contribution in [-0.4, -0.2) is 16.0 Å². The van der Waals surface area contributed by atoms with E-state index in [4.69, 9.17) is 11.6 Å². The molecule has 3 rings (SSSR count). The molecule has 2 unspecified atom stereocenters. The smallest absolute Gasteiger partial charge is 0.385 e. The Labute approximate surface area is 210 Å². The average Bonchev–Trinajstić information content (AvgIpc) is 2.78. The molecule has 186 valence electrons. The molecule has 35 heavy (non-hydrogen) atoms. The van der Waals surface area contributed by atoms with E-state index in [9.17, 15) is 13.2 Å². The Morgan fingerprint density at radius 3 is 2.31 bits per heavy atom. The second-order valence-electron chi connectivity index (χ2n) is 9.74. The Hall–Kier alpha value is -2.86. The summed E-state index contributed by atoms with van der Waals surface area (Å²) in [6, 6.07) is 12.5. The third-order valence-corrected chi connectivity index (χ3v) is 6.54. The number of hydrogen-bond acceptors (Lipinski definition) is 3. The molecule has 0 radical (unpaired) electrons. The number of pyridine rings is 2. The summed E-state index contributed by atoms with van der Waals surface area (Å²) >= 11 is 6.07. The second kappa shape index (κ2) is 10.8. The summed E-state index contributed by atoms with van der Waals surface area (Å²) in [6.45, 7) is 12.4. The number of aromatic nitrogens is 2. The monoisotopic (exact) mass is 501 g/mol. The summed E-state index contributed by atoms with van der Waals surface area (Å²) in [4.78, 5) is 8.43. The van der Waals surface area contributed by atoms with Crippen LogP contribution in [0.1, 0.15) is 54.6 Å². The molecule has 0 fully saturated rings. The first-order chi connectivity index (χ1) is 16.3. The highest BCUT2D eigenvalue weighted by Crippen LogP contribution is 2.33. The quantitative estimate of drug-likeness (QED) is 0.329. The van der Waals surface area contributed by atoms with E-state index >= 15 is 0 Å². The summed E-state index contributed by atoms with van der Waals surface area (Å²) in [6.07, 6.45) is 1.45. The fourth-order valence-electron chi connectivity index (χ4n) is 4.07. The second-order valence-corrected chi connectivity index (χ2v) is 10.2. The SMILES string of the molecule is C=C(NC(C)C(Cc1ccc(Cl)cc1)c1cncc(C)c1)C(C)(C)Cc1ccc(C(F)(F)F)cn1. The zero-order valence-corrected chi connectivity index (χ0v) is 21.2. The zero-order chi connectivity index (χ0) is 25.8. The lowest BCUT2D eigenvalue weighted by Crippen LogP contribution is -2.38. The lowest BCUT2D eigenvalue weighted by molar-refractivity contribution is -0.137. The highest BCUT2D eigenvalue weighted by Gasteiger charge is 2.32. The number of aryl methyl sites for hydroxylation is 1. The molecule has 0 aliphatic heterocycles. The lowest BCUT2D eigenvalue weighted by Gasteiger charge is -2.34. The average molecular weight is 502 g/mol. The van der Waals surface area contributed by atoms with Gasteiger partial charge < -0.3 is 5.32 Å². The fourth-order valence-corrected chi connectivity index (χ4v) is 4.19. The van der Waals surface area contributed by atoms with Crippen molar-refractivity contribution in [1.82, 2.24) is 15.3 Å². The van der Waals surface area contributed by atoms with Crippen LogP contribution in [0.25, 0.3) is 0 Å². The molecule has 0 saturated carbocycles. The third-order valence-electron chi connectivity index (χ3n) is 6.29. The predicted molar refractivity (Wildman–Crippen MR) is 135 cm³/mol. The van der Waals surface area contributed by atoms with Gasteiger partial charge in [-0.15, -0.1) is 0 Å². The van der Waals surface area contributed by atoms with Gasteiger partial charge >= 0.3 is 6.18 Å². The molecule has 3 nitrogen and oxygen atoms in total. The van der Waals surface area contributed by atoms with Crippen LogP contribution >= 0.6 is 11.6 Å². The van der Waals surface area contributed by atoms with E-state index in [1.54, 1.807) is 0 Å². The van der Waals surface area contributed by atoms with Gasteiger partial charge in [-0.25, -0.2) is 0 Å². The van der Waals surface area contributed by atoms with Crippen molar-refractivity contribution in [2.45, 2.75) is 58.7 Å². The van der Waals surface area contributed by atoms with Crippen molar-refractivity contribution < 1.29 is 13.2 Å². The minimum Gasteiger partial charge on any atom is -0.385 e. The Morgan fingerprint density at radius 2 is 1.74 bits per heavy atom. The highest BCUT2D eigenvalue weighted by molar-refractivity contribution is 6.30. The molecule has 2 heterocycles. The topological polar surface area (TPSA) is 37.8 Å². The van der Waals surface area contributed by atoms with E-state index in [1.807, 2.05) is 57.4 Å². The number of nitrogens with one attached hydrogen (secondary N) is 1. The number of halogens is 4. The molecule has 0 aliphatic carbocycles. The zero-order valence-electron chi connectivity index (χ0n) is 20.5. The standard InChI is InChI=1S/C28H31ClF3N3/c1-18-12-22(16-33-15-18)26(13-21-6-9-24(29)10-7-21)19(2)35-20(3)27(4,5)14-25-11-8-23(17-34-25)28(30,31)32/h6-12,15-17,19,26,35H,3,13-14H2,1-2,4-5H3. The van der Waals surface area contributed by atoms with Crippen LogP contribution in [0.3, 0.4) is 0 Å². The number of nitrogens with zero attached hydrogens (tertiary/aromatic N) is 2. The van der Waals surface area contributed by atoms with E-state index in [0.29, 0.717) is 17.1 Å². The maximum absolute atomic E-state index is 12.9. The summed E-state index contributed by atoms with van der Waals surface area (Å²) in [5, 5.41) is 4.26. The van der Waals surface area contributed by atoms with Gasteiger partial charge in [-0.2, -0.15) is 13.2 Å². The van der Waals surface area contributed by atoms with Gasteiger partial charge in [0.15, 0.2) is 0 Å². The van der Waals surface area contributed by atoms with Gasteiger partial charge in [0.05, 0.1) is 5.56 Å². The van der Waals surface area contributed by atoms with Crippen molar-refractivity contribution in [2.75, 3.05) is 0 Å². The molecule has 2 atom stereocenters. The molecule has 0 amide bonds. The summed E-state index contributed by atoms with van der Waals surface area (Å²) in [7, 11) is 0. The van der Waals surface area contributed by atoms with Crippen molar-refractivity contribution in [3.8, 4) is 0 Å². The van der Waals surface area contributed by atoms with E-state index < -0.39 is 17.2 Å². The normalized spacial score (nSPS) is 13.8. The molecular weight excluding hydrogens is 471 g/mol. The Kier molecular flexibility index (Phi) is 8.26. The van der Waals surface area contributed by atoms with Crippen molar-refractivity contribution >= 4 is 11.6 Å². The van der Waals surface area contributed by atoms with E-state index in [1.165, 1.54) is 6.07 Å².